The van der Waals surface area contributed by atoms with Crippen molar-refractivity contribution in [2.24, 2.45) is 0 Å². The number of rotatable bonds is 12. The molecular weight excluding hydrogens is 707 g/mol. The fraction of sp³-hybridized carbons (Fsp3) is 0.289. The number of hydrogen-bond acceptors (Lipinski definition) is 7. The van der Waals surface area contributed by atoms with Crippen molar-refractivity contribution in [1.82, 2.24) is 14.7 Å². The number of likely N-dealkylation sites (tertiary alicyclic amines) is 2. The van der Waals surface area contributed by atoms with Crippen molar-refractivity contribution in [2.45, 2.75) is 56.3 Å². The van der Waals surface area contributed by atoms with Gasteiger partial charge in [-0.3, -0.25) is 24.1 Å². The fourth-order valence-electron chi connectivity index (χ4n) is 7.77. The van der Waals surface area contributed by atoms with Crippen LogP contribution in [0.4, 0.5) is 11.4 Å². The van der Waals surface area contributed by atoms with E-state index in [0.29, 0.717) is 54.4 Å². The van der Waals surface area contributed by atoms with Gasteiger partial charge >= 0.3 is 0 Å². The first-order valence-corrected chi connectivity index (χ1v) is 19.1. The van der Waals surface area contributed by atoms with Gasteiger partial charge in [0.2, 0.25) is 17.7 Å². The van der Waals surface area contributed by atoms with Crippen molar-refractivity contribution in [3.8, 4) is 22.6 Å². The average Bonchev–Trinajstić information content (AvgIpc) is 4.01. The van der Waals surface area contributed by atoms with Crippen LogP contribution in [0.1, 0.15) is 55.4 Å². The van der Waals surface area contributed by atoms with E-state index in [-0.39, 0.29) is 30.2 Å². The van der Waals surface area contributed by atoms with Gasteiger partial charge in [0.05, 0.1) is 0 Å². The van der Waals surface area contributed by atoms with Gasteiger partial charge in [-0.25, -0.2) is 0 Å². The minimum absolute atomic E-state index is 0.0171. The summed E-state index contributed by atoms with van der Waals surface area (Å²) >= 11 is 0. The van der Waals surface area contributed by atoms with E-state index in [2.05, 4.69) is 10.6 Å². The van der Waals surface area contributed by atoms with E-state index in [1.165, 1.54) is 4.90 Å². The summed E-state index contributed by atoms with van der Waals surface area (Å²) in [7, 11) is 3.81. The molecule has 2 fully saturated rings. The zero-order chi connectivity index (χ0) is 39.2. The molecule has 0 saturated carbocycles. The molecule has 4 atom stereocenters. The highest BCUT2D eigenvalue weighted by Gasteiger charge is 2.38. The Labute approximate surface area is 326 Å². The maximum Gasteiger partial charge on any atom is 0.256 e. The Bertz CT molecular complexity index is 2140. The second-order valence-electron chi connectivity index (χ2n) is 14.7. The van der Waals surface area contributed by atoms with Crippen LogP contribution in [0.3, 0.4) is 0 Å². The molecule has 288 valence electrons. The second-order valence-corrected chi connectivity index (χ2v) is 14.7. The molecule has 11 heteroatoms. The summed E-state index contributed by atoms with van der Waals surface area (Å²) in [4.78, 5) is 58.4. The topological polar surface area (TPSA) is 135 Å². The number of aliphatic hydroxyl groups is 1. The largest absolute Gasteiger partial charge is 0.456 e. The molecule has 0 radical (unpaired) electrons. The molecule has 2 aliphatic rings. The van der Waals surface area contributed by atoms with Crippen LogP contribution >= 0.6 is 0 Å². The summed E-state index contributed by atoms with van der Waals surface area (Å²) in [5, 5.41) is 16.6. The summed E-state index contributed by atoms with van der Waals surface area (Å²) in [5.41, 5.74) is 4.34. The van der Waals surface area contributed by atoms with E-state index in [9.17, 15) is 24.3 Å². The summed E-state index contributed by atoms with van der Waals surface area (Å²) in [6.07, 6.45) is 1.76. The predicted octanol–water partition coefficient (Wildman–Crippen LogP) is 6.90. The minimum atomic E-state index is -1.32. The molecule has 0 bridgehead atoms. The third-order valence-electron chi connectivity index (χ3n) is 10.6. The monoisotopic (exact) mass is 753 g/mol. The lowest BCUT2D eigenvalue weighted by Gasteiger charge is -2.32. The fourth-order valence-corrected chi connectivity index (χ4v) is 7.77. The smallest absolute Gasteiger partial charge is 0.256 e. The number of amides is 4. The van der Waals surface area contributed by atoms with E-state index in [4.69, 9.17) is 4.42 Å². The summed E-state index contributed by atoms with van der Waals surface area (Å²) in [5.74, 6) is 0.417. The highest BCUT2D eigenvalue weighted by Crippen LogP contribution is 2.32. The first-order chi connectivity index (χ1) is 27.2. The quantitative estimate of drug-likeness (QED) is 0.126. The summed E-state index contributed by atoms with van der Waals surface area (Å²) < 4.78 is 6.19. The molecule has 3 N–H and O–H groups in total. The Hall–Kier alpha value is -6.04. The zero-order valence-electron chi connectivity index (χ0n) is 31.6. The van der Waals surface area contributed by atoms with Crippen LogP contribution < -0.4 is 10.6 Å². The maximum atomic E-state index is 13.7. The van der Waals surface area contributed by atoms with Crippen molar-refractivity contribution >= 4 is 35.0 Å². The van der Waals surface area contributed by atoms with Gasteiger partial charge in [0.1, 0.15) is 23.6 Å². The Kier molecular flexibility index (Phi) is 11.7. The van der Waals surface area contributed by atoms with Gasteiger partial charge < -0.3 is 30.0 Å². The summed E-state index contributed by atoms with van der Waals surface area (Å²) in [6.45, 7) is 1.05. The number of benzene rings is 4. The van der Waals surface area contributed by atoms with Gasteiger partial charge in [-0.15, -0.1) is 0 Å². The number of furan rings is 1. The van der Waals surface area contributed by atoms with Crippen LogP contribution in [-0.2, 0) is 19.2 Å². The van der Waals surface area contributed by atoms with Crippen LogP contribution in [-0.4, -0.2) is 82.7 Å². The van der Waals surface area contributed by atoms with Crippen molar-refractivity contribution < 1.29 is 28.7 Å². The first-order valence-electron chi connectivity index (χ1n) is 19.1. The van der Waals surface area contributed by atoms with E-state index in [1.54, 1.807) is 36.4 Å². The Morgan fingerprint density at radius 2 is 1.21 bits per heavy atom. The lowest BCUT2D eigenvalue weighted by Crippen LogP contribution is -2.45. The number of carbonyl (C=O) groups excluding carboxylic acids is 4. The molecule has 3 heterocycles. The van der Waals surface area contributed by atoms with Gasteiger partial charge in [-0.05, 0) is 112 Å². The molecule has 4 aromatic carbocycles. The molecule has 2 saturated heterocycles. The SMILES string of the molecule is CN(C)[C@@H](C(=O)N1CCC[C@H]1CC(=O)Nc1ccc(-c2ccc(-c3ccc(NC(=O)[C@@H]4CCCN4C(=O)[C@H](O)c4ccccc4)cc3)o2)cc1)c1ccccc1. The van der Waals surface area contributed by atoms with Gasteiger partial charge in [0.25, 0.3) is 5.91 Å². The lowest BCUT2D eigenvalue weighted by atomic mass is 10.0. The molecule has 0 spiro atoms. The Morgan fingerprint density at radius 3 is 1.80 bits per heavy atom. The van der Waals surface area contributed by atoms with Gasteiger partial charge in [-0.2, -0.15) is 0 Å². The van der Waals surface area contributed by atoms with E-state index in [0.717, 1.165) is 29.5 Å². The van der Waals surface area contributed by atoms with E-state index in [1.807, 2.05) is 109 Å². The standard InChI is InChI=1S/C45H47N5O6/c1-48(2)41(32-11-5-3-6-12-32)44(54)49-27-9-15-36(49)29-40(51)46-34-21-17-30(18-22-34)38-25-26-39(56-38)31-19-23-35(24-20-31)47-43(53)37-16-10-28-50(37)45(55)42(52)33-13-7-4-8-14-33/h3-8,11-14,17-26,36-37,41-42,52H,9-10,15-16,27-29H2,1-2H3,(H,46,51)(H,47,53)/t36-,37-,41+,42+/m0/s1. The first kappa shape index (κ1) is 38.2. The van der Waals surface area contributed by atoms with E-state index >= 15 is 0 Å². The van der Waals surface area contributed by atoms with Gasteiger partial charge in [0, 0.05) is 48.1 Å². The molecule has 0 aliphatic carbocycles. The molecule has 4 amide bonds. The number of anilines is 2. The lowest BCUT2D eigenvalue weighted by molar-refractivity contribution is -0.144. The molecular formula is C45H47N5O6. The van der Waals surface area contributed by atoms with E-state index < -0.39 is 24.1 Å². The van der Waals surface area contributed by atoms with Crippen LogP contribution in [0.25, 0.3) is 22.6 Å². The summed E-state index contributed by atoms with van der Waals surface area (Å²) in [6, 6.07) is 35.8. The number of hydrogen-bond donors (Lipinski definition) is 3. The molecule has 1 aromatic heterocycles. The van der Waals surface area contributed by atoms with Crippen LogP contribution in [0.15, 0.2) is 126 Å². The normalized spacial score (nSPS) is 17.8. The van der Waals surface area contributed by atoms with Crippen molar-refractivity contribution in [3.63, 3.8) is 0 Å². The van der Waals surface area contributed by atoms with Crippen molar-refractivity contribution in [1.29, 1.82) is 0 Å². The third-order valence-corrected chi connectivity index (χ3v) is 10.6. The average molecular weight is 754 g/mol. The van der Waals surface area contributed by atoms with Crippen LogP contribution in [0.5, 0.6) is 0 Å². The maximum absolute atomic E-state index is 13.7. The Morgan fingerprint density at radius 1 is 0.679 bits per heavy atom. The highest BCUT2D eigenvalue weighted by molar-refractivity contribution is 5.98. The number of nitrogens with zero attached hydrogens (tertiary/aromatic N) is 3. The number of nitrogens with one attached hydrogen (secondary N) is 2. The minimum Gasteiger partial charge on any atom is -0.456 e. The number of likely N-dealkylation sites (N-methyl/N-ethyl adjacent to an activating group) is 1. The van der Waals surface area contributed by atoms with Gasteiger partial charge in [0.15, 0.2) is 6.10 Å². The predicted molar refractivity (Wildman–Crippen MR) is 215 cm³/mol. The molecule has 56 heavy (non-hydrogen) atoms. The zero-order valence-corrected chi connectivity index (χ0v) is 31.6. The molecule has 0 unspecified atom stereocenters. The van der Waals surface area contributed by atoms with Crippen LogP contribution in [0, 0.1) is 0 Å². The molecule has 5 aromatic rings. The van der Waals surface area contributed by atoms with Crippen LogP contribution in [0.2, 0.25) is 0 Å². The molecule has 2 aliphatic heterocycles. The number of carbonyl (C=O) groups is 4. The highest BCUT2D eigenvalue weighted by atomic mass is 16.3. The second kappa shape index (κ2) is 17.2. The van der Waals surface area contributed by atoms with Crippen molar-refractivity contribution in [2.75, 3.05) is 37.8 Å². The number of aliphatic hydroxyl groups excluding tert-OH is 1. The molecule has 11 nitrogen and oxygen atoms in total. The van der Waals surface area contributed by atoms with Gasteiger partial charge in [-0.1, -0.05) is 60.7 Å². The molecule has 7 rings (SSSR count). The van der Waals surface area contributed by atoms with Crippen molar-refractivity contribution in [3.05, 3.63) is 132 Å². The third kappa shape index (κ3) is 8.59. The Balaban J connectivity index is 0.921.